The predicted molar refractivity (Wildman–Crippen MR) is 67.9 cm³/mol. The first-order valence-electron chi connectivity index (χ1n) is 5.03. The van der Waals surface area contributed by atoms with Crippen LogP contribution in [0.25, 0.3) is 0 Å². The summed E-state index contributed by atoms with van der Waals surface area (Å²) in [5.41, 5.74) is 2.51. The van der Waals surface area contributed by atoms with Crippen molar-refractivity contribution < 1.29 is 9.90 Å². The highest BCUT2D eigenvalue weighted by atomic mass is 79.9. The van der Waals surface area contributed by atoms with E-state index in [-0.39, 0.29) is 9.30 Å². The summed E-state index contributed by atoms with van der Waals surface area (Å²) in [6, 6.07) is 1.63. The first-order chi connectivity index (χ1) is 7.51. The van der Waals surface area contributed by atoms with Crippen LogP contribution in [0.2, 0.25) is 0 Å². The number of alkyl halides is 2. The van der Waals surface area contributed by atoms with Crippen LogP contribution in [0, 0.1) is 0 Å². The molecule has 0 unspecified atom stereocenters. The molecule has 0 aromatic carbocycles. The molecular weight excluding hydrogens is 338 g/mol. The summed E-state index contributed by atoms with van der Waals surface area (Å²) in [7, 11) is 0. The molecule has 0 bridgehead atoms. The van der Waals surface area contributed by atoms with E-state index in [9.17, 15) is 9.90 Å². The van der Waals surface area contributed by atoms with Crippen molar-refractivity contribution in [3.63, 3.8) is 0 Å². The van der Waals surface area contributed by atoms with Gasteiger partial charge >= 0.3 is 0 Å². The molecule has 0 aliphatic heterocycles. The minimum atomic E-state index is -1.17. The summed E-state index contributed by atoms with van der Waals surface area (Å²) in [4.78, 5) is 15.3. The Labute approximate surface area is 112 Å². The number of rotatable bonds is 4. The van der Waals surface area contributed by atoms with Gasteiger partial charge in [-0.15, -0.1) is 0 Å². The molecule has 0 saturated heterocycles. The van der Waals surface area contributed by atoms with Gasteiger partial charge in [0, 0.05) is 17.0 Å². The Kier molecular flexibility index (Phi) is 4.92. The lowest BCUT2D eigenvalue weighted by molar-refractivity contribution is -0.255. The maximum absolute atomic E-state index is 11.0. The third-order valence-electron chi connectivity index (χ3n) is 2.34. The maximum Gasteiger partial charge on any atom is 0.0964 e. The number of carbonyl (C=O) groups is 1. The molecule has 0 amide bonds. The summed E-state index contributed by atoms with van der Waals surface area (Å²) in [5, 5.41) is 11.0. The number of nitrogens with zero attached hydrogens (tertiary/aromatic N) is 1. The van der Waals surface area contributed by atoms with Crippen molar-refractivity contribution in [1.29, 1.82) is 0 Å². The highest BCUT2D eigenvalue weighted by Gasteiger charge is 2.14. The molecule has 3 nitrogen and oxygen atoms in total. The zero-order valence-electron chi connectivity index (χ0n) is 9.09. The third kappa shape index (κ3) is 2.83. The minimum Gasteiger partial charge on any atom is -0.545 e. The number of carboxylic acids is 1. The van der Waals surface area contributed by atoms with E-state index >= 15 is 0 Å². The average molecular weight is 350 g/mol. The van der Waals surface area contributed by atoms with Crippen LogP contribution >= 0.6 is 31.9 Å². The number of hydrogen-bond acceptors (Lipinski definition) is 3. The second kappa shape index (κ2) is 5.77. The largest absolute Gasteiger partial charge is 0.545 e. The number of aromatic carboxylic acids is 1. The van der Waals surface area contributed by atoms with E-state index in [2.05, 4.69) is 36.8 Å². The number of aryl methyl sites for hydroxylation is 2. The van der Waals surface area contributed by atoms with E-state index in [4.69, 9.17) is 0 Å². The number of carboxylic acid groups (broad SMARTS) is 1. The lowest BCUT2D eigenvalue weighted by Gasteiger charge is -2.15. The fraction of sp³-hybridized carbons (Fsp3) is 0.455. The zero-order valence-corrected chi connectivity index (χ0v) is 12.3. The fourth-order valence-corrected chi connectivity index (χ4v) is 2.32. The van der Waals surface area contributed by atoms with Crippen molar-refractivity contribution in [2.45, 2.75) is 30.4 Å². The zero-order chi connectivity index (χ0) is 12.3. The van der Waals surface area contributed by atoms with E-state index in [0.29, 0.717) is 12.1 Å². The van der Waals surface area contributed by atoms with Gasteiger partial charge in [-0.2, -0.15) is 0 Å². The van der Waals surface area contributed by atoms with Crippen LogP contribution in [0.4, 0.5) is 0 Å². The summed E-state index contributed by atoms with van der Waals surface area (Å²) < 4.78 is -0.0912. The molecule has 16 heavy (non-hydrogen) atoms. The van der Waals surface area contributed by atoms with Crippen LogP contribution in [0.5, 0.6) is 0 Å². The van der Waals surface area contributed by atoms with Crippen LogP contribution in [0.3, 0.4) is 0 Å². The Bertz CT molecular complexity index is 405. The van der Waals surface area contributed by atoms with Crippen molar-refractivity contribution in [3.05, 3.63) is 28.6 Å². The molecule has 1 heterocycles. The molecular formula is C11H12Br2NO2-. The number of aromatic nitrogens is 1. The van der Waals surface area contributed by atoms with Crippen molar-refractivity contribution in [2.75, 3.05) is 0 Å². The second-order valence-electron chi connectivity index (χ2n) is 3.31. The van der Waals surface area contributed by atoms with E-state index in [1.807, 2.05) is 13.8 Å². The van der Waals surface area contributed by atoms with Gasteiger partial charge < -0.3 is 9.90 Å². The van der Waals surface area contributed by atoms with Crippen molar-refractivity contribution in [3.8, 4) is 0 Å². The second-order valence-corrected chi connectivity index (χ2v) is 6.37. The molecule has 0 saturated carbocycles. The van der Waals surface area contributed by atoms with Crippen molar-refractivity contribution in [2.24, 2.45) is 0 Å². The highest BCUT2D eigenvalue weighted by Crippen LogP contribution is 2.32. The van der Waals surface area contributed by atoms with Crippen LogP contribution < -0.4 is 5.11 Å². The Morgan fingerprint density at radius 2 is 1.94 bits per heavy atom. The molecule has 0 N–H and O–H groups in total. The molecule has 1 rings (SSSR count). The number of pyridine rings is 1. The van der Waals surface area contributed by atoms with Gasteiger partial charge in [0.2, 0.25) is 0 Å². The fourth-order valence-electron chi connectivity index (χ4n) is 1.53. The van der Waals surface area contributed by atoms with Crippen LogP contribution in [-0.4, -0.2) is 11.0 Å². The lowest BCUT2D eigenvalue weighted by atomic mass is 10.1. The molecule has 0 radical (unpaired) electrons. The van der Waals surface area contributed by atoms with Gasteiger partial charge in [-0.3, -0.25) is 4.98 Å². The van der Waals surface area contributed by atoms with Crippen LogP contribution in [0.15, 0.2) is 6.07 Å². The van der Waals surface area contributed by atoms with E-state index in [0.717, 1.165) is 17.7 Å². The molecule has 0 fully saturated rings. The quantitative estimate of drug-likeness (QED) is 0.784. The predicted octanol–water partition coefficient (Wildman–Crippen LogP) is 2.36. The molecule has 0 atom stereocenters. The summed E-state index contributed by atoms with van der Waals surface area (Å²) in [6.45, 7) is 3.87. The molecule has 0 aliphatic carbocycles. The maximum atomic E-state index is 11.0. The van der Waals surface area contributed by atoms with Crippen LogP contribution in [0.1, 0.15) is 44.9 Å². The Balaban J connectivity index is 3.40. The number of carbonyl (C=O) groups excluding carboxylic acids is 1. The first kappa shape index (κ1) is 13.6. The summed E-state index contributed by atoms with van der Waals surface area (Å²) in [6.07, 6.45) is 1.36. The lowest BCUT2D eigenvalue weighted by Crippen LogP contribution is -2.25. The molecule has 1 aromatic heterocycles. The number of hydrogen-bond donors (Lipinski definition) is 0. The van der Waals surface area contributed by atoms with Crippen molar-refractivity contribution in [1.82, 2.24) is 4.98 Å². The van der Waals surface area contributed by atoms with Gasteiger partial charge in [0.1, 0.15) is 0 Å². The Morgan fingerprint density at radius 3 is 2.31 bits per heavy atom. The van der Waals surface area contributed by atoms with E-state index < -0.39 is 5.97 Å². The average Bonchev–Trinajstić information content (AvgIpc) is 2.26. The normalized spacial score (nSPS) is 10.8. The van der Waals surface area contributed by atoms with Crippen molar-refractivity contribution >= 4 is 37.8 Å². The smallest absolute Gasteiger partial charge is 0.0964 e. The monoisotopic (exact) mass is 348 g/mol. The van der Waals surface area contributed by atoms with Gasteiger partial charge in [0.15, 0.2) is 0 Å². The standard InChI is InChI=1S/C11H13Br2NO2/c1-3-8-6(10(12)13)5-7(11(15)16)9(4-2)14-8/h5,10H,3-4H2,1-2H3,(H,15,16)/p-1. The number of halogens is 2. The van der Waals surface area contributed by atoms with E-state index in [1.54, 1.807) is 6.07 Å². The van der Waals surface area contributed by atoms with Gasteiger partial charge in [0.05, 0.1) is 9.71 Å². The van der Waals surface area contributed by atoms with Gasteiger partial charge in [-0.25, -0.2) is 0 Å². The summed E-state index contributed by atoms with van der Waals surface area (Å²) in [5.74, 6) is -1.17. The first-order valence-corrected chi connectivity index (χ1v) is 6.86. The van der Waals surface area contributed by atoms with E-state index in [1.165, 1.54) is 0 Å². The Hall–Kier alpha value is -0.420. The highest BCUT2D eigenvalue weighted by molar-refractivity contribution is 9.24. The molecule has 88 valence electrons. The molecule has 1 aromatic rings. The molecule has 5 heteroatoms. The van der Waals surface area contributed by atoms with Crippen LogP contribution in [-0.2, 0) is 12.8 Å². The van der Waals surface area contributed by atoms with Gasteiger partial charge in [0.25, 0.3) is 0 Å². The summed E-state index contributed by atoms with van der Waals surface area (Å²) >= 11 is 6.73. The molecule has 0 aliphatic rings. The topological polar surface area (TPSA) is 53.0 Å². The molecule has 0 spiro atoms. The van der Waals surface area contributed by atoms with Gasteiger partial charge in [-0.1, -0.05) is 45.7 Å². The minimum absolute atomic E-state index is 0.0912. The SMILES string of the molecule is CCc1nc(CC)c(C(Br)Br)cc1C(=O)[O-]. The third-order valence-corrected chi connectivity index (χ3v) is 3.33. The van der Waals surface area contributed by atoms with Gasteiger partial charge in [-0.05, 0) is 24.5 Å². The Morgan fingerprint density at radius 1 is 1.38 bits per heavy atom.